The number of nitrogens with zero attached hydrogens (tertiary/aromatic N) is 1. The van der Waals surface area contributed by atoms with Gasteiger partial charge in [-0.05, 0) is 24.5 Å². The van der Waals surface area contributed by atoms with Crippen molar-refractivity contribution in [2.24, 2.45) is 0 Å². The van der Waals surface area contributed by atoms with Gasteiger partial charge in [-0.1, -0.05) is 17.7 Å². The van der Waals surface area contributed by atoms with Crippen molar-refractivity contribution in [1.82, 2.24) is 4.98 Å². The van der Waals surface area contributed by atoms with Gasteiger partial charge in [-0.25, -0.2) is 4.98 Å². The third kappa shape index (κ3) is 0.960. The molecule has 0 aromatic carbocycles. The molecular weight excluding hydrogens is 186 g/mol. The molecule has 0 saturated heterocycles. The quantitative estimate of drug-likeness (QED) is 0.643. The third-order valence-corrected chi connectivity index (χ3v) is 3.45. The lowest BCUT2D eigenvalue weighted by Crippen LogP contribution is -2.15. The van der Waals surface area contributed by atoms with Crippen LogP contribution < -0.4 is 0 Å². The molecule has 3 unspecified atom stereocenters. The molecule has 68 valence electrons. The molecule has 13 heavy (non-hydrogen) atoms. The van der Waals surface area contributed by atoms with Crippen LogP contribution in [0.3, 0.4) is 0 Å². The molecule has 1 aromatic rings. The van der Waals surface area contributed by atoms with E-state index in [0.29, 0.717) is 17.0 Å². The third-order valence-electron chi connectivity index (χ3n) is 3.24. The van der Waals surface area contributed by atoms with Crippen LogP contribution in [0, 0.1) is 0 Å². The van der Waals surface area contributed by atoms with Gasteiger partial charge in [0.25, 0.3) is 0 Å². The van der Waals surface area contributed by atoms with Crippen LogP contribution in [-0.2, 0) is 0 Å². The maximum Gasteiger partial charge on any atom is 0.129 e. The monoisotopic (exact) mass is 195 g/mol. The lowest BCUT2D eigenvalue weighted by atomic mass is 9.94. The van der Waals surface area contributed by atoms with Gasteiger partial charge in [0, 0.05) is 17.5 Å². The van der Waals surface area contributed by atoms with Gasteiger partial charge in [0.15, 0.2) is 0 Å². The highest BCUT2D eigenvalue weighted by Crippen LogP contribution is 2.52. The molecule has 2 aliphatic carbocycles. The van der Waals surface area contributed by atoms with Crippen LogP contribution in [0.1, 0.15) is 35.9 Å². The highest BCUT2D eigenvalue weighted by Gasteiger charge is 2.43. The fraction of sp³-hybridized carbons (Fsp3) is 0.500. The summed E-state index contributed by atoms with van der Waals surface area (Å²) >= 11 is 5.82. The van der Waals surface area contributed by atoms with E-state index in [4.69, 9.17) is 11.6 Å². The summed E-state index contributed by atoms with van der Waals surface area (Å²) in [5, 5.41) is 10.2. The van der Waals surface area contributed by atoms with E-state index in [-0.39, 0.29) is 6.10 Å². The Balaban J connectivity index is 2.16. The number of aliphatic hydroxyl groups is 1. The van der Waals surface area contributed by atoms with Crippen LogP contribution in [-0.4, -0.2) is 16.2 Å². The fourth-order valence-electron chi connectivity index (χ4n) is 2.67. The Bertz CT molecular complexity index is 366. The van der Waals surface area contributed by atoms with Crippen molar-refractivity contribution in [1.29, 1.82) is 0 Å². The zero-order valence-corrected chi connectivity index (χ0v) is 7.83. The summed E-state index contributed by atoms with van der Waals surface area (Å²) in [6, 6.07) is 3.82. The molecule has 1 N–H and O–H groups in total. The van der Waals surface area contributed by atoms with Crippen LogP contribution >= 0.6 is 11.6 Å². The highest BCUT2D eigenvalue weighted by molar-refractivity contribution is 6.29. The molecule has 1 fully saturated rings. The SMILES string of the molecule is OC1CC2CC1c1ccc(Cl)nc12. The van der Waals surface area contributed by atoms with E-state index in [1.54, 1.807) is 0 Å². The normalized spacial score (nSPS) is 35.1. The van der Waals surface area contributed by atoms with Gasteiger partial charge in [-0.2, -0.15) is 0 Å². The molecule has 3 atom stereocenters. The Morgan fingerprint density at radius 2 is 2.23 bits per heavy atom. The van der Waals surface area contributed by atoms with Crippen LogP contribution in [0.5, 0.6) is 0 Å². The number of aromatic nitrogens is 1. The molecule has 0 spiro atoms. The van der Waals surface area contributed by atoms with E-state index in [1.807, 2.05) is 12.1 Å². The van der Waals surface area contributed by atoms with Crippen molar-refractivity contribution in [2.45, 2.75) is 30.8 Å². The van der Waals surface area contributed by atoms with Crippen molar-refractivity contribution in [3.05, 3.63) is 28.5 Å². The van der Waals surface area contributed by atoms with Gasteiger partial charge >= 0.3 is 0 Å². The van der Waals surface area contributed by atoms with Crippen LogP contribution in [0.2, 0.25) is 5.15 Å². The molecule has 1 aromatic heterocycles. The second kappa shape index (κ2) is 2.46. The van der Waals surface area contributed by atoms with Crippen LogP contribution in [0.25, 0.3) is 0 Å². The van der Waals surface area contributed by atoms with E-state index >= 15 is 0 Å². The zero-order valence-electron chi connectivity index (χ0n) is 7.07. The molecule has 0 aliphatic heterocycles. The highest BCUT2D eigenvalue weighted by atomic mass is 35.5. The van der Waals surface area contributed by atoms with Gasteiger partial charge in [-0.15, -0.1) is 0 Å². The van der Waals surface area contributed by atoms with E-state index in [2.05, 4.69) is 4.98 Å². The Hall–Kier alpha value is -0.600. The Labute approximate surface area is 81.6 Å². The number of hydrogen-bond donors (Lipinski definition) is 1. The van der Waals surface area contributed by atoms with Crippen molar-refractivity contribution < 1.29 is 5.11 Å². The number of pyridine rings is 1. The average molecular weight is 196 g/mol. The summed E-state index contributed by atoms with van der Waals surface area (Å²) in [5.41, 5.74) is 2.34. The van der Waals surface area contributed by atoms with Crippen LogP contribution in [0.15, 0.2) is 12.1 Å². The molecule has 2 aliphatic rings. The minimum atomic E-state index is -0.152. The predicted octanol–water partition coefficient (Wildman–Crippen LogP) is 2.07. The summed E-state index contributed by atoms with van der Waals surface area (Å²) in [4.78, 5) is 4.33. The van der Waals surface area contributed by atoms with E-state index in [0.717, 1.165) is 18.5 Å². The topological polar surface area (TPSA) is 33.1 Å². The minimum absolute atomic E-state index is 0.152. The first-order valence-corrected chi connectivity index (χ1v) is 4.98. The van der Waals surface area contributed by atoms with Crippen molar-refractivity contribution in [3.63, 3.8) is 0 Å². The lowest BCUT2D eigenvalue weighted by molar-refractivity contribution is 0.158. The fourth-order valence-corrected chi connectivity index (χ4v) is 2.83. The number of halogens is 1. The molecule has 1 heterocycles. The lowest BCUT2D eigenvalue weighted by Gasteiger charge is -2.18. The second-order valence-corrected chi connectivity index (χ2v) is 4.34. The van der Waals surface area contributed by atoms with Gasteiger partial charge in [0.1, 0.15) is 5.15 Å². The maximum atomic E-state index is 9.67. The van der Waals surface area contributed by atoms with Crippen LogP contribution in [0.4, 0.5) is 0 Å². The molecule has 3 heteroatoms. The molecule has 0 radical (unpaired) electrons. The second-order valence-electron chi connectivity index (χ2n) is 3.95. The standard InChI is InChI=1S/C10H10ClNO/c11-9-2-1-6-7-3-5(4-8(7)13)10(6)12-9/h1-2,5,7-8,13H,3-4H2. The Morgan fingerprint density at radius 1 is 1.38 bits per heavy atom. The smallest absolute Gasteiger partial charge is 0.129 e. The zero-order chi connectivity index (χ0) is 9.00. The molecule has 2 nitrogen and oxygen atoms in total. The average Bonchev–Trinajstić information content (AvgIpc) is 2.61. The summed E-state index contributed by atoms with van der Waals surface area (Å²) < 4.78 is 0. The molecule has 3 rings (SSSR count). The Morgan fingerprint density at radius 3 is 3.08 bits per heavy atom. The van der Waals surface area contributed by atoms with Crippen molar-refractivity contribution in [3.8, 4) is 0 Å². The summed E-state index contributed by atoms with van der Waals surface area (Å²) in [7, 11) is 0. The largest absolute Gasteiger partial charge is 0.392 e. The molecule has 0 amide bonds. The summed E-state index contributed by atoms with van der Waals surface area (Å²) in [5.74, 6) is 0.776. The Kier molecular flexibility index (Phi) is 1.47. The number of aliphatic hydroxyl groups excluding tert-OH is 1. The number of hydrogen-bond acceptors (Lipinski definition) is 2. The molecule has 2 bridgehead atoms. The van der Waals surface area contributed by atoms with Gasteiger partial charge in [-0.3, -0.25) is 0 Å². The molecular formula is C10H10ClNO. The first-order chi connectivity index (χ1) is 6.25. The predicted molar refractivity (Wildman–Crippen MR) is 50.0 cm³/mol. The van der Waals surface area contributed by atoms with Gasteiger partial charge in [0.2, 0.25) is 0 Å². The summed E-state index contributed by atoms with van der Waals surface area (Å²) in [6.07, 6.45) is 1.77. The van der Waals surface area contributed by atoms with E-state index in [9.17, 15) is 5.11 Å². The summed E-state index contributed by atoms with van der Waals surface area (Å²) in [6.45, 7) is 0. The van der Waals surface area contributed by atoms with E-state index in [1.165, 1.54) is 5.56 Å². The molecule has 1 saturated carbocycles. The first kappa shape index (κ1) is 7.77. The minimum Gasteiger partial charge on any atom is -0.392 e. The van der Waals surface area contributed by atoms with Gasteiger partial charge < -0.3 is 5.11 Å². The van der Waals surface area contributed by atoms with Gasteiger partial charge in [0.05, 0.1) is 6.10 Å². The maximum absolute atomic E-state index is 9.67. The number of fused-ring (bicyclic) bond motifs is 5. The van der Waals surface area contributed by atoms with E-state index < -0.39 is 0 Å². The van der Waals surface area contributed by atoms with Crippen molar-refractivity contribution in [2.75, 3.05) is 0 Å². The first-order valence-electron chi connectivity index (χ1n) is 4.60. The number of rotatable bonds is 0. The van der Waals surface area contributed by atoms with Crippen molar-refractivity contribution >= 4 is 11.6 Å².